The third-order valence-electron chi connectivity index (χ3n) is 2.97. The van der Waals surface area contributed by atoms with E-state index in [9.17, 15) is 4.79 Å². The lowest BCUT2D eigenvalue weighted by atomic mass is 10.2. The number of nitrogens with one attached hydrogen (secondary N) is 2. The van der Waals surface area contributed by atoms with Gasteiger partial charge in [-0.15, -0.1) is 0 Å². The topological polar surface area (TPSA) is 106 Å². The Bertz CT molecular complexity index is 760. The van der Waals surface area contributed by atoms with Gasteiger partial charge < -0.3 is 15.2 Å². The van der Waals surface area contributed by atoms with Crippen molar-refractivity contribution in [2.24, 2.45) is 0 Å². The summed E-state index contributed by atoms with van der Waals surface area (Å²) in [5, 5.41) is 9.56. The normalized spacial score (nSPS) is 10.3. The van der Waals surface area contributed by atoms with Gasteiger partial charge in [-0.3, -0.25) is 14.8 Å². The van der Waals surface area contributed by atoms with E-state index in [0.29, 0.717) is 24.7 Å². The third kappa shape index (κ3) is 3.88. The number of rotatable bonds is 6. The number of nitrogens with zero attached hydrogens (tertiary/aromatic N) is 4. The molecule has 0 unspecified atom stereocenters. The van der Waals surface area contributed by atoms with Crippen molar-refractivity contribution in [3.63, 3.8) is 0 Å². The molecule has 116 valence electrons. The first-order valence-corrected chi connectivity index (χ1v) is 6.98. The number of aromatic nitrogens is 4. The number of anilines is 1. The van der Waals surface area contributed by atoms with Crippen molar-refractivity contribution in [1.29, 1.82) is 0 Å². The highest BCUT2D eigenvalue weighted by Gasteiger charge is 2.13. The molecule has 23 heavy (non-hydrogen) atoms. The molecule has 0 aromatic carbocycles. The van der Waals surface area contributed by atoms with E-state index < -0.39 is 0 Å². The Morgan fingerprint density at radius 3 is 2.83 bits per heavy atom. The lowest BCUT2D eigenvalue weighted by Crippen LogP contribution is -2.29. The fourth-order valence-corrected chi connectivity index (χ4v) is 1.87. The summed E-state index contributed by atoms with van der Waals surface area (Å²) in [6, 6.07) is 5.21. The van der Waals surface area contributed by atoms with E-state index in [1.165, 1.54) is 0 Å². The van der Waals surface area contributed by atoms with Crippen LogP contribution in [0, 0.1) is 0 Å². The minimum absolute atomic E-state index is 0.225. The summed E-state index contributed by atoms with van der Waals surface area (Å²) in [4.78, 5) is 24.0. The van der Waals surface area contributed by atoms with Crippen molar-refractivity contribution in [2.75, 3.05) is 18.4 Å². The molecule has 3 rings (SSSR count). The van der Waals surface area contributed by atoms with Crippen LogP contribution in [0.1, 0.15) is 10.5 Å². The van der Waals surface area contributed by atoms with Crippen molar-refractivity contribution in [3.05, 3.63) is 54.9 Å². The van der Waals surface area contributed by atoms with Gasteiger partial charge in [-0.25, -0.2) is 4.98 Å². The maximum Gasteiger partial charge on any atom is 0.273 e. The maximum atomic E-state index is 12.0. The van der Waals surface area contributed by atoms with Crippen LogP contribution in [-0.2, 0) is 0 Å². The van der Waals surface area contributed by atoms with E-state index in [1.54, 1.807) is 43.1 Å². The molecule has 2 N–H and O–H groups in total. The Morgan fingerprint density at radius 2 is 2.04 bits per heavy atom. The summed E-state index contributed by atoms with van der Waals surface area (Å²) in [5.41, 5.74) is 0.992. The average Bonchev–Trinajstić information content (AvgIpc) is 3.10. The summed E-state index contributed by atoms with van der Waals surface area (Å²) in [6.07, 6.45) is 8.11. The van der Waals surface area contributed by atoms with Gasteiger partial charge >= 0.3 is 0 Å². The molecule has 0 aliphatic heterocycles. The summed E-state index contributed by atoms with van der Waals surface area (Å²) in [7, 11) is 0. The van der Waals surface area contributed by atoms with Gasteiger partial charge in [0.05, 0.1) is 6.20 Å². The summed E-state index contributed by atoms with van der Waals surface area (Å²) >= 11 is 0. The monoisotopic (exact) mass is 310 g/mol. The zero-order valence-electron chi connectivity index (χ0n) is 12.1. The standard InChI is InChI=1S/C15H14N6O2/c22-15(20-7-6-19-14-10-17-4-5-18-14)12-8-13(23-21-12)11-2-1-3-16-9-11/h1-5,8-10H,6-7H2,(H,18,19)(H,20,22). The van der Waals surface area contributed by atoms with Crippen LogP contribution in [0.2, 0.25) is 0 Å². The van der Waals surface area contributed by atoms with Gasteiger partial charge in [0.2, 0.25) is 0 Å². The van der Waals surface area contributed by atoms with Crippen LogP contribution in [0.15, 0.2) is 53.7 Å². The average molecular weight is 310 g/mol. The Kier molecular flexibility index (Phi) is 4.53. The molecule has 3 aromatic heterocycles. The first kappa shape index (κ1) is 14.6. The second-order valence-corrected chi connectivity index (χ2v) is 4.59. The fraction of sp³-hybridized carbons (Fsp3) is 0.133. The largest absolute Gasteiger partial charge is 0.367 e. The Balaban J connectivity index is 1.50. The molecule has 0 aliphatic carbocycles. The smallest absolute Gasteiger partial charge is 0.273 e. The van der Waals surface area contributed by atoms with E-state index in [4.69, 9.17) is 4.52 Å². The highest BCUT2D eigenvalue weighted by Crippen LogP contribution is 2.18. The second kappa shape index (κ2) is 7.12. The summed E-state index contributed by atoms with van der Waals surface area (Å²) < 4.78 is 5.16. The number of pyridine rings is 1. The maximum absolute atomic E-state index is 12.0. The minimum atomic E-state index is -0.301. The lowest BCUT2D eigenvalue weighted by Gasteiger charge is -2.05. The molecule has 0 saturated heterocycles. The molecule has 1 amide bonds. The molecule has 0 spiro atoms. The van der Waals surface area contributed by atoms with Gasteiger partial charge in [0, 0.05) is 49.5 Å². The van der Waals surface area contributed by atoms with Crippen LogP contribution in [-0.4, -0.2) is 39.1 Å². The minimum Gasteiger partial charge on any atom is -0.367 e. The van der Waals surface area contributed by atoms with E-state index in [2.05, 4.69) is 30.7 Å². The van der Waals surface area contributed by atoms with Gasteiger partial charge in [-0.05, 0) is 12.1 Å². The summed E-state index contributed by atoms with van der Waals surface area (Å²) in [6.45, 7) is 0.947. The summed E-state index contributed by atoms with van der Waals surface area (Å²) in [5.74, 6) is 0.854. The van der Waals surface area contributed by atoms with Gasteiger partial charge in [-0.1, -0.05) is 5.16 Å². The van der Waals surface area contributed by atoms with Crippen LogP contribution in [0.4, 0.5) is 5.82 Å². The second-order valence-electron chi connectivity index (χ2n) is 4.59. The molecular formula is C15H14N6O2. The molecular weight excluding hydrogens is 296 g/mol. The quantitative estimate of drug-likeness (QED) is 0.662. The molecule has 8 heteroatoms. The van der Waals surface area contributed by atoms with Crippen LogP contribution in [0.3, 0.4) is 0 Å². The molecule has 0 fully saturated rings. The van der Waals surface area contributed by atoms with Crippen molar-refractivity contribution < 1.29 is 9.32 Å². The number of amides is 1. The zero-order chi connectivity index (χ0) is 15.9. The molecule has 0 radical (unpaired) electrons. The first-order valence-electron chi connectivity index (χ1n) is 6.98. The predicted molar refractivity (Wildman–Crippen MR) is 82.6 cm³/mol. The van der Waals surface area contributed by atoms with Crippen molar-refractivity contribution in [1.82, 2.24) is 25.4 Å². The Morgan fingerprint density at radius 1 is 1.13 bits per heavy atom. The van der Waals surface area contributed by atoms with Crippen LogP contribution in [0.5, 0.6) is 0 Å². The third-order valence-corrected chi connectivity index (χ3v) is 2.97. The van der Waals surface area contributed by atoms with Crippen molar-refractivity contribution in [3.8, 4) is 11.3 Å². The molecule has 0 saturated carbocycles. The molecule has 8 nitrogen and oxygen atoms in total. The van der Waals surface area contributed by atoms with Gasteiger partial charge in [0.25, 0.3) is 5.91 Å². The van der Waals surface area contributed by atoms with E-state index in [1.807, 2.05) is 6.07 Å². The zero-order valence-corrected chi connectivity index (χ0v) is 12.1. The molecule has 0 aliphatic rings. The van der Waals surface area contributed by atoms with Gasteiger partial charge in [0.1, 0.15) is 5.82 Å². The van der Waals surface area contributed by atoms with Gasteiger partial charge in [0.15, 0.2) is 11.5 Å². The lowest BCUT2D eigenvalue weighted by molar-refractivity contribution is 0.0946. The molecule has 3 heterocycles. The fourth-order valence-electron chi connectivity index (χ4n) is 1.87. The molecule has 0 bridgehead atoms. The van der Waals surface area contributed by atoms with Gasteiger partial charge in [-0.2, -0.15) is 0 Å². The molecule has 0 atom stereocenters. The van der Waals surface area contributed by atoms with E-state index in [-0.39, 0.29) is 11.6 Å². The number of carbonyl (C=O) groups is 1. The van der Waals surface area contributed by atoms with Crippen LogP contribution in [0.25, 0.3) is 11.3 Å². The SMILES string of the molecule is O=C(NCCNc1cnccn1)c1cc(-c2cccnc2)on1. The highest BCUT2D eigenvalue weighted by molar-refractivity contribution is 5.93. The number of hydrogen-bond donors (Lipinski definition) is 2. The Hall–Kier alpha value is -3.29. The number of carbonyl (C=O) groups excluding carboxylic acids is 1. The van der Waals surface area contributed by atoms with Crippen LogP contribution >= 0.6 is 0 Å². The van der Waals surface area contributed by atoms with Crippen molar-refractivity contribution in [2.45, 2.75) is 0 Å². The first-order chi connectivity index (χ1) is 11.3. The van der Waals surface area contributed by atoms with Crippen LogP contribution < -0.4 is 10.6 Å². The predicted octanol–water partition coefficient (Wildman–Crippen LogP) is 1.37. The number of hydrogen-bond acceptors (Lipinski definition) is 7. The van der Waals surface area contributed by atoms with Crippen molar-refractivity contribution >= 4 is 11.7 Å². The highest BCUT2D eigenvalue weighted by atomic mass is 16.5. The van der Waals surface area contributed by atoms with E-state index >= 15 is 0 Å². The van der Waals surface area contributed by atoms with E-state index in [0.717, 1.165) is 5.56 Å². The molecule has 3 aromatic rings. The Labute approximate surface area is 132 Å².